The van der Waals surface area contributed by atoms with Gasteiger partial charge in [-0.2, -0.15) is 5.10 Å². The first-order chi connectivity index (χ1) is 20.4. The van der Waals surface area contributed by atoms with Gasteiger partial charge in [0.15, 0.2) is 8.32 Å². The number of benzene rings is 2. The lowest BCUT2D eigenvalue weighted by Gasteiger charge is -2.36. The predicted octanol–water partition coefficient (Wildman–Crippen LogP) is 8.03. The Hall–Kier alpha value is -3.33. The maximum atomic E-state index is 15.9. The van der Waals surface area contributed by atoms with Crippen LogP contribution in [0.15, 0.2) is 67.0 Å². The van der Waals surface area contributed by atoms with E-state index in [1.165, 1.54) is 11.6 Å². The van der Waals surface area contributed by atoms with Crippen molar-refractivity contribution in [3.63, 3.8) is 0 Å². The van der Waals surface area contributed by atoms with Crippen molar-refractivity contribution in [3.05, 3.63) is 89.6 Å². The Labute approximate surface area is 256 Å². The summed E-state index contributed by atoms with van der Waals surface area (Å²) in [4.78, 5) is 17.3. The third-order valence-electron chi connectivity index (χ3n) is 9.21. The molecule has 0 saturated heterocycles. The van der Waals surface area contributed by atoms with E-state index < -0.39 is 8.32 Å². The molecule has 4 aromatic rings. The first-order valence-electron chi connectivity index (χ1n) is 15.4. The molecule has 2 aromatic heterocycles. The Bertz CT molecular complexity index is 1530. The van der Waals surface area contributed by atoms with Crippen LogP contribution in [-0.2, 0) is 19.7 Å². The maximum absolute atomic E-state index is 15.9. The van der Waals surface area contributed by atoms with E-state index in [2.05, 4.69) is 61.8 Å². The third kappa shape index (κ3) is 7.08. The largest absolute Gasteiger partial charge is 0.489 e. The van der Waals surface area contributed by atoms with Crippen LogP contribution in [0.1, 0.15) is 63.3 Å². The summed E-state index contributed by atoms with van der Waals surface area (Å²) in [6.07, 6.45) is 5.48. The highest BCUT2D eigenvalue weighted by molar-refractivity contribution is 6.72. The molecule has 2 aromatic carbocycles. The quantitative estimate of drug-likeness (QED) is 0.177. The standard InChI is InChI=1S/C35H45FN4O2Si/c1-25(2)27-10-8-26(9-11-27)24-42-29-12-13-30(31(36)22-29)33-32-23-39(19-7-16-35(3,4)43(5,6)41)20-21-40(32)38-34(33)28-14-17-37-18-15-28/h8-15,17-18,22,25,41H,7,16,19-21,23-24H2,1-6H3. The summed E-state index contributed by atoms with van der Waals surface area (Å²) >= 11 is 0. The number of pyridine rings is 1. The molecule has 6 nitrogen and oxygen atoms in total. The molecule has 0 amide bonds. The van der Waals surface area contributed by atoms with E-state index in [1.807, 2.05) is 42.0 Å². The lowest BCUT2D eigenvalue weighted by Crippen LogP contribution is -2.40. The van der Waals surface area contributed by atoms with Crippen LogP contribution in [0, 0.1) is 5.82 Å². The number of halogens is 1. The molecule has 0 fully saturated rings. The second-order valence-corrected chi connectivity index (χ2v) is 17.8. The van der Waals surface area contributed by atoms with Crippen LogP contribution in [-0.4, -0.2) is 45.9 Å². The van der Waals surface area contributed by atoms with Crippen molar-refractivity contribution in [3.8, 4) is 28.1 Å². The normalized spacial score (nSPS) is 14.3. The highest BCUT2D eigenvalue weighted by atomic mass is 28.4. The molecule has 43 heavy (non-hydrogen) atoms. The van der Waals surface area contributed by atoms with E-state index in [-0.39, 0.29) is 10.9 Å². The van der Waals surface area contributed by atoms with E-state index in [0.717, 1.165) is 60.6 Å². The Kier molecular flexibility index (Phi) is 9.20. The summed E-state index contributed by atoms with van der Waals surface area (Å²) in [5, 5.41) is 4.93. The maximum Gasteiger partial charge on any atom is 0.188 e. The molecular formula is C35H45FN4O2Si. The van der Waals surface area contributed by atoms with E-state index in [0.29, 0.717) is 30.4 Å². The minimum Gasteiger partial charge on any atom is -0.489 e. The molecule has 0 unspecified atom stereocenters. The third-order valence-corrected chi connectivity index (χ3v) is 12.8. The minimum atomic E-state index is -2.25. The van der Waals surface area contributed by atoms with Crippen LogP contribution < -0.4 is 4.74 Å². The monoisotopic (exact) mass is 600 g/mol. The lowest BCUT2D eigenvalue weighted by atomic mass is 9.97. The van der Waals surface area contributed by atoms with Gasteiger partial charge in [0, 0.05) is 48.2 Å². The molecule has 0 aliphatic carbocycles. The minimum absolute atomic E-state index is 0.0469. The predicted molar refractivity (Wildman–Crippen MR) is 174 cm³/mol. The van der Waals surface area contributed by atoms with Crippen molar-refractivity contribution >= 4 is 8.32 Å². The molecule has 1 N–H and O–H groups in total. The van der Waals surface area contributed by atoms with Crippen molar-refractivity contribution < 1.29 is 13.9 Å². The number of nitrogens with zero attached hydrogens (tertiary/aromatic N) is 4. The van der Waals surface area contributed by atoms with Crippen LogP contribution in [0.25, 0.3) is 22.4 Å². The van der Waals surface area contributed by atoms with Gasteiger partial charge in [-0.05, 0) is 78.8 Å². The Balaban J connectivity index is 1.38. The second-order valence-electron chi connectivity index (χ2n) is 13.3. The highest BCUT2D eigenvalue weighted by Crippen LogP contribution is 2.41. The van der Waals surface area contributed by atoms with Gasteiger partial charge in [-0.1, -0.05) is 52.0 Å². The number of fused-ring (bicyclic) bond motifs is 1. The average Bonchev–Trinajstić information content (AvgIpc) is 3.35. The zero-order valence-corrected chi connectivity index (χ0v) is 27.4. The topological polar surface area (TPSA) is 63.4 Å². The Morgan fingerprint density at radius 2 is 1.74 bits per heavy atom. The summed E-state index contributed by atoms with van der Waals surface area (Å²) in [6.45, 7) is 16.4. The SMILES string of the molecule is CC(C)c1ccc(COc2ccc(-c3c(-c4ccncc4)nn4c3CN(CCCC(C)(C)[Si](C)(C)O)CC4)c(F)c2)cc1. The number of hydrogen-bond acceptors (Lipinski definition) is 5. The number of ether oxygens (including phenoxy) is 1. The van der Waals surface area contributed by atoms with Gasteiger partial charge < -0.3 is 9.53 Å². The van der Waals surface area contributed by atoms with Gasteiger partial charge in [-0.25, -0.2) is 4.39 Å². The Morgan fingerprint density at radius 1 is 1.02 bits per heavy atom. The van der Waals surface area contributed by atoms with Crippen LogP contribution in [0.5, 0.6) is 5.75 Å². The van der Waals surface area contributed by atoms with Gasteiger partial charge in [-0.3, -0.25) is 14.6 Å². The van der Waals surface area contributed by atoms with Gasteiger partial charge in [-0.15, -0.1) is 0 Å². The zero-order valence-electron chi connectivity index (χ0n) is 26.4. The first kappa shape index (κ1) is 31.1. The molecule has 0 spiro atoms. The van der Waals surface area contributed by atoms with Crippen LogP contribution in [0.3, 0.4) is 0 Å². The lowest BCUT2D eigenvalue weighted by molar-refractivity contribution is 0.206. The van der Waals surface area contributed by atoms with Gasteiger partial charge in [0.25, 0.3) is 0 Å². The van der Waals surface area contributed by atoms with E-state index in [1.54, 1.807) is 12.4 Å². The van der Waals surface area contributed by atoms with Crippen LogP contribution >= 0.6 is 0 Å². The van der Waals surface area contributed by atoms with E-state index in [9.17, 15) is 4.80 Å². The summed E-state index contributed by atoms with van der Waals surface area (Å²) in [5.74, 6) is 0.649. The van der Waals surface area contributed by atoms with Crippen molar-refractivity contribution in [1.29, 1.82) is 0 Å². The zero-order chi connectivity index (χ0) is 30.8. The fourth-order valence-corrected chi connectivity index (χ4v) is 6.35. The smallest absolute Gasteiger partial charge is 0.188 e. The number of aromatic nitrogens is 3. The van der Waals surface area contributed by atoms with Crippen molar-refractivity contribution in [2.75, 3.05) is 13.1 Å². The van der Waals surface area contributed by atoms with Gasteiger partial charge >= 0.3 is 0 Å². The van der Waals surface area contributed by atoms with E-state index in [4.69, 9.17) is 9.84 Å². The van der Waals surface area contributed by atoms with Gasteiger partial charge in [0.2, 0.25) is 0 Å². The molecule has 1 aliphatic heterocycles. The van der Waals surface area contributed by atoms with Gasteiger partial charge in [0.1, 0.15) is 23.9 Å². The van der Waals surface area contributed by atoms with Gasteiger partial charge in [0.05, 0.1) is 12.2 Å². The number of hydrogen-bond donors (Lipinski definition) is 1. The summed E-state index contributed by atoms with van der Waals surface area (Å²) in [7, 11) is -2.25. The van der Waals surface area contributed by atoms with Crippen molar-refractivity contribution in [2.45, 2.75) is 84.3 Å². The molecule has 3 heterocycles. The summed E-state index contributed by atoms with van der Waals surface area (Å²) in [5.41, 5.74) is 6.39. The Morgan fingerprint density at radius 3 is 2.40 bits per heavy atom. The van der Waals surface area contributed by atoms with Crippen LogP contribution in [0.2, 0.25) is 18.1 Å². The molecule has 0 atom stereocenters. The molecule has 1 aliphatic rings. The van der Waals surface area contributed by atoms with Crippen LogP contribution in [0.4, 0.5) is 4.39 Å². The second kappa shape index (κ2) is 12.7. The molecule has 0 radical (unpaired) electrons. The molecular weight excluding hydrogens is 555 g/mol. The van der Waals surface area contributed by atoms with E-state index >= 15 is 4.39 Å². The number of rotatable bonds is 11. The fraction of sp³-hybridized carbons (Fsp3) is 0.429. The van der Waals surface area contributed by atoms with Crippen molar-refractivity contribution in [1.82, 2.24) is 19.7 Å². The van der Waals surface area contributed by atoms with Crippen molar-refractivity contribution in [2.24, 2.45) is 0 Å². The fourth-order valence-electron chi connectivity index (χ4n) is 5.56. The molecule has 8 heteroatoms. The molecule has 0 bridgehead atoms. The first-order valence-corrected chi connectivity index (χ1v) is 18.3. The highest BCUT2D eigenvalue weighted by Gasteiger charge is 2.37. The average molecular weight is 601 g/mol. The summed E-state index contributed by atoms with van der Waals surface area (Å²) < 4.78 is 24.0. The summed E-state index contributed by atoms with van der Waals surface area (Å²) in [6, 6.07) is 17.4. The molecule has 228 valence electrons. The molecule has 5 rings (SSSR count). The molecule has 0 saturated carbocycles.